The Hall–Kier alpha value is -4.28. The summed E-state index contributed by atoms with van der Waals surface area (Å²) in [5.74, 6) is -1.22. The number of para-hydroxylation sites is 2. The van der Waals surface area contributed by atoms with Crippen molar-refractivity contribution in [3.8, 4) is 17.6 Å². The van der Waals surface area contributed by atoms with Crippen LogP contribution in [0.1, 0.15) is 21.5 Å². The number of rotatable bonds is 8. The van der Waals surface area contributed by atoms with Crippen molar-refractivity contribution in [2.24, 2.45) is 0 Å². The normalized spacial score (nSPS) is 10.8. The van der Waals surface area contributed by atoms with E-state index < -0.39 is 11.9 Å². The number of hydrogen-bond donors (Lipinski definition) is 2. The van der Waals surface area contributed by atoms with Crippen LogP contribution in [0.3, 0.4) is 0 Å². The van der Waals surface area contributed by atoms with Gasteiger partial charge in [-0.1, -0.05) is 54.1 Å². The van der Waals surface area contributed by atoms with Gasteiger partial charge in [0, 0.05) is 16.1 Å². The van der Waals surface area contributed by atoms with Crippen LogP contribution in [-0.4, -0.2) is 24.1 Å². The second-order valence-electron chi connectivity index (χ2n) is 6.73. The summed E-state index contributed by atoms with van der Waals surface area (Å²) in [4.78, 5) is 24.1. The van der Waals surface area contributed by atoms with E-state index in [1.54, 1.807) is 36.4 Å². The molecular formula is C25H19ClN2O5. The Morgan fingerprint density at radius 3 is 2.52 bits per heavy atom. The molecule has 3 aromatic rings. The van der Waals surface area contributed by atoms with Gasteiger partial charge in [-0.05, 0) is 30.3 Å². The molecule has 0 fully saturated rings. The van der Waals surface area contributed by atoms with E-state index in [1.807, 2.05) is 24.3 Å². The third-order valence-electron chi connectivity index (χ3n) is 4.63. The first-order valence-electron chi connectivity index (χ1n) is 9.73. The van der Waals surface area contributed by atoms with E-state index >= 15 is 0 Å². The molecule has 0 heterocycles. The maximum Gasteiger partial charge on any atom is 0.337 e. The predicted octanol–water partition coefficient (Wildman–Crippen LogP) is 5.17. The molecule has 0 saturated carbocycles. The van der Waals surface area contributed by atoms with Crippen LogP contribution in [0.15, 0.2) is 72.3 Å². The minimum Gasteiger partial charge on any atom is -0.493 e. The second kappa shape index (κ2) is 10.8. The van der Waals surface area contributed by atoms with Crippen molar-refractivity contribution in [1.82, 2.24) is 0 Å². The lowest BCUT2D eigenvalue weighted by atomic mass is 10.1. The van der Waals surface area contributed by atoms with Crippen molar-refractivity contribution in [2.45, 2.75) is 6.61 Å². The Labute approximate surface area is 195 Å². The molecule has 0 radical (unpaired) electrons. The minimum absolute atomic E-state index is 0.0805. The van der Waals surface area contributed by atoms with Crippen molar-refractivity contribution >= 4 is 35.2 Å². The number of anilines is 1. The van der Waals surface area contributed by atoms with Crippen molar-refractivity contribution < 1.29 is 24.2 Å². The van der Waals surface area contributed by atoms with Crippen LogP contribution in [0.2, 0.25) is 5.02 Å². The van der Waals surface area contributed by atoms with Crippen LogP contribution in [0.4, 0.5) is 5.69 Å². The van der Waals surface area contributed by atoms with Gasteiger partial charge in [0.1, 0.15) is 18.2 Å². The SMILES string of the molecule is COc1cccc(/C=C(\C#N)C(=O)Nc2ccccc2C(=O)O)c1OCc1ccccc1Cl. The van der Waals surface area contributed by atoms with E-state index in [2.05, 4.69) is 5.32 Å². The molecule has 0 aliphatic heterocycles. The lowest BCUT2D eigenvalue weighted by Gasteiger charge is -2.14. The Morgan fingerprint density at radius 1 is 1.09 bits per heavy atom. The molecule has 0 aliphatic carbocycles. The summed E-state index contributed by atoms with van der Waals surface area (Å²) < 4.78 is 11.3. The van der Waals surface area contributed by atoms with Gasteiger partial charge in [0.15, 0.2) is 11.5 Å². The molecule has 3 aromatic carbocycles. The largest absolute Gasteiger partial charge is 0.493 e. The summed E-state index contributed by atoms with van der Waals surface area (Å²) in [5, 5.41) is 21.9. The van der Waals surface area contributed by atoms with E-state index in [0.29, 0.717) is 22.1 Å². The van der Waals surface area contributed by atoms with Crippen LogP contribution in [0.25, 0.3) is 6.08 Å². The molecule has 33 heavy (non-hydrogen) atoms. The number of nitrogens with one attached hydrogen (secondary N) is 1. The molecule has 0 unspecified atom stereocenters. The molecule has 0 spiro atoms. The Morgan fingerprint density at radius 2 is 1.82 bits per heavy atom. The molecule has 166 valence electrons. The standard InChI is InChI=1S/C25H19ClN2O5/c1-32-22-12-6-8-16(23(22)33-15-17-7-2-4-10-20(17)26)13-18(14-27)24(29)28-21-11-5-3-9-19(21)25(30)31/h2-13H,15H2,1H3,(H,28,29)(H,30,31)/b18-13+. The third kappa shape index (κ3) is 5.70. The number of carboxylic acids is 1. The number of hydrogen-bond acceptors (Lipinski definition) is 5. The summed E-state index contributed by atoms with van der Waals surface area (Å²) in [6.07, 6.45) is 1.35. The third-order valence-corrected chi connectivity index (χ3v) is 5.00. The minimum atomic E-state index is -1.20. The zero-order valence-corrected chi connectivity index (χ0v) is 18.3. The fourth-order valence-corrected chi connectivity index (χ4v) is 3.19. The van der Waals surface area contributed by atoms with Crippen molar-refractivity contribution in [1.29, 1.82) is 5.26 Å². The number of halogens is 1. The number of nitriles is 1. The summed E-state index contributed by atoms with van der Waals surface area (Å²) in [7, 11) is 1.48. The van der Waals surface area contributed by atoms with Gasteiger partial charge >= 0.3 is 5.97 Å². The van der Waals surface area contributed by atoms with Crippen LogP contribution in [0, 0.1) is 11.3 Å². The maximum atomic E-state index is 12.7. The van der Waals surface area contributed by atoms with Crippen LogP contribution in [0.5, 0.6) is 11.5 Å². The average Bonchev–Trinajstić information content (AvgIpc) is 2.82. The van der Waals surface area contributed by atoms with Crippen molar-refractivity contribution in [3.05, 3.63) is 94.0 Å². The summed E-state index contributed by atoms with van der Waals surface area (Å²) in [5.41, 5.74) is 0.930. The molecule has 0 aromatic heterocycles. The number of nitrogens with zero attached hydrogens (tertiary/aromatic N) is 1. The number of amides is 1. The number of aromatic carboxylic acids is 1. The van der Waals surface area contributed by atoms with E-state index in [1.165, 1.54) is 25.3 Å². The van der Waals surface area contributed by atoms with Crippen molar-refractivity contribution in [3.63, 3.8) is 0 Å². The highest BCUT2D eigenvalue weighted by molar-refractivity contribution is 6.31. The van der Waals surface area contributed by atoms with Gasteiger partial charge in [-0.3, -0.25) is 4.79 Å². The zero-order valence-electron chi connectivity index (χ0n) is 17.5. The molecule has 0 atom stereocenters. The molecule has 2 N–H and O–H groups in total. The Kier molecular flexibility index (Phi) is 7.68. The number of carbonyl (C=O) groups excluding carboxylic acids is 1. The highest BCUT2D eigenvalue weighted by atomic mass is 35.5. The second-order valence-corrected chi connectivity index (χ2v) is 7.14. The fourth-order valence-electron chi connectivity index (χ4n) is 3.00. The molecular weight excluding hydrogens is 444 g/mol. The van der Waals surface area contributed by atoms with Gasteiger partial charge in [-0.15, -0.1) is 0 Å². The first-order valence-corrected chi connectivity index (χ1v) is 10.1. The summed E-state index contributed by atoms with van der Waals surface area (Å²) >= 11 is 6.20. The van der Waals surface area contributed by atoms with Gasteiger partial charge in [-0.25, -0.2) is 4.79 Å². The van der Waals surface area contributed by atoms with Gasteiger partial charge in [-0.2, -0.15) is 5.26 Å². The monoisotopic (exact) mass is 462 g/mol. The van der Waals surface area contributed by atoms with Gasteiger partial charge in [0.25, 0.3) is 5.91 Å². The maximum absolute atomic E-state index is 12.7. The molecule has 0 aliphatic rings. The molecule has 0 saturated heterocycles. The molecule has 1 amide bonds. The van der Waals surface area contributed by atoms with Gasteiger partial charge in [0.05, 0.1) is 18.4 Å². The lowest BCUT2D eigenvalue weighted by Crippen LogP contribution is -2.16. The van der Waals surface area contributed by atoms with E-state index in [9.17, 15) is 20.0 Å². The average molecular weight is 463 g/mol. The van der Waals surface area contributed by atoms with E-state index in [-0.39, 0.29) is 23.4 Å². The van der Waals surface area contributed by atoms with Crippen LogP contribution in [-0.2, 0) is 11.4 Å². The van der Waals surface area contributed by atoms with Gasteiger partial charge in [0.2, 0.25) is 0 Å². The number of carboxylic acid groups (broad SMARTS) is 1. The topological polar surface area (TPSA) is 109 Å². The Balaban J connectivity index is 1.92. The summed E-state index contributed by atoms with van der Waals surface area (Å²) in [6.45, 7) is 0.140. The molecule has 7 nitrogen and oxygen atoms in total. The van der Waals surface area contributed by atoms with E-state index in [0.717, 1.165) is 5.56 Å². The zero-order chi connectivity index (χ0) is 23.8. The lowest BCUT2D eigenvalue weighted by molar-refractivity contribution is -0.112. The van der Waals surface area contributed by atoms with E-state index in [4.69, 9.17) is 21.1 Å². The van der Waals surface area contributed by atoms with Crippen LogP contribution >= 0.6 is 11.6 Å². The smallest absolute Gasteiger partial charge is 0.337 e. The van der Waals surface area contributed by atoms with Crippen molar-refractivity contribution in [2.75, 3.05) is 12.4 Å². The highest BCUT2D eigenvalue weighted by Gasteiger charge is 2.17. The fraction of sp³-hybridized carbons (Fsp3) is 0.0800. The number of benzene rings is 3. The van der Waals surface area contributed by atoms with Crippen LogP contribution < -0.4 is 14.8 Å². The number of methoxy groups -OCH3 is 1. The Bertz CT molecular complexity index is 1260. The molecule has 0 bridgehead atoms. The number of carbonyl (C=O) groups is 2. The number of ether oxygens (including phenoxy) is 2. The summed E-state index contributed by atoms with van der Waals surface area (Å²) in [6, 6.07) is 20.0. The molecule has 3 rings (SSSR count). The first kappa shape index (κ1) is 23.4. The highest BCUT2D eigenvalue weighted by Crippen LogP contribution is 2.34. The molecule has 8 heteroatoms. The first-order chi connectivity index (χ1) is 15.9. The van der Waals surface area contributed by atoms with Gasteiger partial charge < -0.3 is 19.9 Å². The quantitative estimate of drug-likeness (QED) is 0.353. The predicted molar refractivity (Wildman–Crippen MR) is 124 cm³/mol.